The summed E-state index contributed by atoms with van der Waals surface area (Å²) >= 11 is 0. The van der Waals surface area contributed by atoms with Crippen LogP contribution in [0.5, 0.6) is 0 Å². The van der Waals surface area contributed by atoms with Crippen molar-refractivity contribution in [2.45, 2.75) is 31.8 Å². The molecule has 0 radical (unpaired) electrons. The number of aliphatic carboxylic acids is 1. The molecule has 0 heterocycles. The number of aliphatic hydroxyl groups is 1. The highest BCUT2D eigenvalue weighted by Crippen LogP contribution is 2.44. The van der Waals surface area contributed by atoms with Crippen molar-refractivity contribution >= 4 is 5.97 Å². The van der Waals surface area contributed by atoms with Crippen molar-refractivity contribution < 1.29 is 15.0 Å². The first-order valence-electron chi connectivity index (χ1n) is 4.57. The number of carboxylic acid groups (broad SMARTS) is 1. The van der Waals surface area contributed by atoms with Crippen molar-refractivity contribution in [3.8, 4) is 0 Å². The van der Waals surface area contributed by atoms with Gasteiger partial charge in [-0.25, -0.2) is 0 Å². The Morgan fingerprint density at radius 3 is 2.50 bits per heavy atom. The lowest BCUT2D eigenvalue weighted by molar-refractivity contribution is -0.317. The molecule has 0 saturated heterocycles. The highest BCUT2D eigenvalue weighted by Gasteiger charge is 2.41. The highest BCUT2D eigenvalue weighted by atomic mass is 16.4. The van der Waals surface area contributed by atoms with E-state index in [1.807, 2.05) is 0 Å². The average molecular weight is 169 g/mol. The SMILES string of the molecule is O=C([O-])[C@@H]1C[C@@H]2CC[C@@H]1[C@H](O)C2. The number of carbonyl (C=O) groups excluding carboxylic acids is 1. The molecule has 0 aromatic carbocycles. The Kier molecular flexibility index (Phi) is 1.83. The number of hydrogen-bond acceptors (Lipinski definition) is 3. The molecule has 3 saturated carbocycles. The Balaban J connectivity index is 2.14. The molecule has 2 bridgehead atoms. The second-order valence-electron chi connectivity index (χ2n) is 4.07. The van der Waals surface area contributed by atoms with Gasteiger partial charge in [0.05, 0.1) is 6.10 Å². The van der Waals surface area contributed by atoms with Crippen LogP contribution >= 0.6 is 0 Å². The molecule has 3 heteroatoms. The fourth-order valence-corrected chi connectivity index (χ4v) is 2.74. The van der Waals surface area contributed by atoms with Crippen molar-refractivity contribution in [2.75, 3.05) is 0 Å². The molecule has 3 aliphatic rings. The van der Waals surface area contributed by atoms with Crippen LogP contribution in [-0.4, -0.2) is 17.2 Å². The average Bonchev–Trinajstić information content (AvgIpc) is 2.04. The van der Waals surface area contributed by atoms with Crippen LogP contribution in [0.15, 0.2) is 0 Å². The van der Waals surface area contributed by atoms with Gasteiger partial charge >= 0.3 is 0 Å². The molecule has 1 N–H and O–H groups in total. The molecule has 3 fully saturated rings. The van der Waals surface area contributed by atoms with Crippen molar-refractivity contribution in [3.05, 3.63) is 0 Å². The van der Waals surface area contributed by atoms with E-state index in [-0.39, 0.29) is 17.9 Å². The summed E-state index contributed by atoms with van der Waals surface area (Å²) in [4.78, 5) is 10.7. The van der Waals surface area contributed by atoms with E-state index in [1.54, 1.807) is 0 Å². The lowest BCUT2D eigenvalue weighted by Crippen LogP contribution is -2.48. The highest BCUT2D eigenvalue weighted by molar-refractivity contribution is 5.68. The molecule has 3 nitrogen and oxygen atoms in total. The predicted molar refractivity (Wildman–Crippen MR) is 40.0 cm³/mol. The fraction of sp³-hybridized carbons (Fsp3) is 0.889. The van der Waals surface area contributed by atoms with Crippen LogP contribution in [-0.2, 0) is 4.79 Å². The van der Waals surface area contributed by atoms with E-state index in [9.17, 15) is 15.0 Å². The van der Waals surface area contributed by atoms with Gasteiger partial charge in [-0.05, 0) is 37.5 Å². The number of carbonyl (C=O) groups is 1. The van der Waals surface area contributed by atoms with Crippen molar-refractivity contribution in [3.63, 3.8) is 0 Å². The Morgan fingerprint density at radius 2 is 2.08 bits per heavy atom. The van der Waals surface area contributed by atoms with Gasteiger partial charge in [0.2, 0.25) is 0 Å². The molecule has 12 heavy (non-hydrogen) atoms. The minimum Gasteiger partial charge on any atom is -0.550 e. The van der Waals surface area contributed by atoms with Gasteiger partial charge in [0, 0.05) is 11.9 Å². The summed E-state index contributed by atoms with van der Waals surface area (Å²) in [5, 5.41) is 20.2. The summed E-state index contributed by atoms with van der Waals surface area (Å²) in [5.41, 5.74) is 0. The number of hydrogen-bond donors (Lipinski definition) is 1. The van der Waals surface area contributed by atoms with Gasteiger partial charge in [0.1, 0.15) is 0 Å². The zero-order valence-corrected chi connectivity index (χ0v) is 6.90. The van der Waals surface area contributed by atoms with E-state index in [0.717, 1.165) is 25.7 Å². The van der Waals surface area contributed by atoms with Crippen LogP contribution in [0.2, 0.25) is 0 Å². The zero-order chi connectivity index (χ0) is 8.72. The summed E-state index contributed by atoms with van der Waals surface area (Å²) in [6.45, 7) is 0. The van der Waals surface area contributed by atoms with E-state index in [4.69, 9.17) is 0 Å². The van der Waals surface area contributed by atoms with Gasteiger partial charge in [-0.3, -0.25) is 0 Å². The molecule has 3 rings (SSSR count). The van der Waals surface area contributed by atoms with Crippen LogP contribution in [0.25, 0.3) is 0 Å². The van der Waals surface area contributed by atoms with Crippen molar-refractivity contribution in [2.24, 2.45) is 17.8 Å². The van der Waals surface area contributed by atoms with Crippen molar-refractivity contribution in [1.82, 2.24) is 0 Å². The summed E-state index contributed by atoms with van der Waals surface area (Å²) in [5.74, 6) is -0.955. The Hall–Kier alpha value is -0.570. The zero-order valence-electron chi connectivity index (χ0n) is 6.90. The summed E-state index contributed by atoms with van der Waals surface area (Å²) in [6, 6.07) is 0. The first-order valence-corrected chi connectivity index (χ1v) is 4.57. The van der Waals surface area contributed by atoms with E-state index in [2.05, 4.69) is 0 Å². The minimum absolute atomic E-state index is 0.0278. The largest absolute Gasteiger partial charge is 0.550 e. The van der Waals surface area contributed by atoms with Crippen LogP contribution < -0.4 is 5.11 Å². The molecule has 68 valence electrons. The van der Waals surface area contributed by atoms with Crippen LogP contribution in [0.1, 0.15) is 25.7 Å². The molecule has 4 atom stereocenters. The summed E-state index contributed by atoms with van der Waals surface area (Å²) in [7, 11) is 0. The molecule has 0 amide bonds. The van der Waals surface area contributed by atoms with Crippen LogP contribution in [0, 0.1) is 17.8 Å². The number of carboxylic acids is 1. The standard InChI is InChI=1S/C9H14O3/c10-8-4-5-1-2-6(8)7(3-5)9(11)12/h5-8,10H,1-4H2,(H,11,12)/p-1/t5-,6-,7+,8+/m0/s1. The van der Waals surface area contributed by atoms with Gasteiger partial charge in [-0.1, -0.05) is 0 Å². The first-order chi connectivity index (χ1) is 5.68. The molecule has 0 aromatic rings. The molecule has 0 spiro atoms. The smallest absolute Gasteiger partial charge is 0.0577 e. The summed E-state index contributed by atoms with van der Waals surface area (Å²) < 4.78 is 0. The quantitative estimate of drug-likeness (QED) is 0.577. The predicted octanol–water partition coefficient (Wildman–Crippen LogP) is -0.467. The van der Waals surface area contributed by atoms with E-state index < -0.39 is 5.97 Å². The molecule has 0 aliphatic heterocycles. The fourth-order valence-electron chi connectivity index (χ4n) is 2.74. The maximum Gasteiger partial charge on any atom is 0.0577 e. The molecular weight excluding hydrogens is 156 g/mol. The Bertz CT molecular complexity index is 202. The third-order valence-corrected chi connectivity index (χ3v) is 3.38. The van der Waals surface area contributed by atoms with Crippen molar-refractivity contribution in [1.29, 1.82) is 0 Å². The third-order valence-electron chi connectivity index (χ3n) is 3.38. The lowest BCUT2D eigenvalue weighted by Gasteiger charge is -2.45. The maximum absolute atomic E-state index is 10.7. The molecule has 3 aliphatic carbocycles. The normalized spacial score (nSPS) is 46.1. The number of fused-ring (bicyclic) bond motifs is 3. The van der Waals surface area contributed by atoms with Gasteiger partial charge in [0.15, 0.2) is 0 Å². The second-order valence-corrected chi connectivity index (χ2v) is 4.07. The van der Waals surface area contributed by atoms with Crippen LogP contribution in [0.3, 0.4) is 0 Å². The first kappa shape index (κ1) is 8.05. The number of aliphatic hydroxyl groups excluding tert-OH is 1. The third kappa shape index (κ3) is 1.12. The van der Waals surface area contributed by atoms with Gasteiger partial charge in [-0.15, -0.1) is 0 Å². The van der Waals surface area contributed by atoms with E-state index in [1.165, 1.54) is 0 Å². The molecule has 0 unspecified atom stereocenters. The number of rotatable bonds is 1. The lowest BCUT2D eigenvalue weighted by atomic mass is 9.63. The van der Waals surface area contributed by atoms with Gasteiger partial charge in [0.25, 0.3) is 0 Å². The van der Waals surface area contributed by atoms with E-state index in [0.29, 0.717) is 5.92 Å². The maximum atomic E-state index is 10.7. The van der Waals surface area contributed by atoms with Gasteiger partial charge in [-0.2, -0.15) is 0 Å². The molecular formula is C9H13O3-. The topological polar surface area (TPSA) is 60.4 Å². The summed E-state index contributed by atoms with van der Waals surface area (Å²) in [6.07, 6.45) is 3.09. The second kappa shape index (κ2) is 2.73. The monoisotopic (exact) mass is 169 g/mol. The minimum atomic E-state index is -0.969. The van der Waals surface area contributed by atoms with Gasteiger partial charge < -0.3 is 15.0 Å². The van der Waals surface area contributed by atoms with Crippen LogP contribution in [0.4, 0.5) is 0 Å². The Labute approximate surface area is 71.4 Å². The Morgan fingerprint density at radius 1 is 1.33 bits per heavy atom. The van der Waals surface area contributed by atoms with E-state index >= 15 is 0 Å². The molecule has 0 aromatic heterocycles.